The van der Waals surface area contributed by atoms with Crippen molar-refractivity contribution in [3.8, 4) is 33.4 Å². The number of aryl methyl sites for hydroxylation is 4. The van der Waals surface area contributed by atoms with E-state index in [9.17, 15) is 0 Å². The first-order valence-corrected chi connectivity index (χ1v) is 13.6. The molecule has 0 spiro atoms. The predicted octanol–water partition coefficient (Wildman–Crippen LogP) is 4.03. The van der Waals surface area contributed by atoms with Gasteiger partial charge in [-0.2, -0.15) is 18.3 Å². The van der Waals surface area contributed by atoms with E-state index in [0.717, 1.165) is 26.2 Å². The van der Waals surface area contributed by atoms with Crippen LogP contribution in [0.5, 0.6) is 0 Å². The lowest BCUT2D eigenvalue weighted by Gasteiger charge is -2.02. The number of aromatic nitrogens is 6. The third-order valence-electron chi connectivity index (χ3n) is 7.16. The minimum Gasteiger partial charge on any atom is -0.265 e. The number of hydrogen-bond donors (Lipinski definition) is 0. The van der Waals surface area contributed by atoms with Crippen LogP contribution in [-0.4, -0.2) is 9.97 Å². The standard InChI is InChI=1S/C34H32N6/c1-13-35-14-2-29(1)31-5-17-37(18-6-31)25-27-39-21-9-33(10-22-39)34-11-23-40(24-12-34)28-26-38-19-7-32(8-20-38)30-3-15-36-16-4-30/h1-24H,25-28H2/q+4. The van der Waals surface area contributed by atoms with Crippen molar-refractivity contribution in [2.75, 3.05) is 0 Å². The number of rotatable bonds is 9. The summed E-state index contributed by atoms with van der Waals surface area (Å²) in [6, 6.07) is 25.5. The zero-order chi connectivity index (χ0) is 27.0. The minimum atomic E-state index is 0.912. The highest BCUT2D eigenvalue weighted by Gasteiger charge is 2.11. The van der Waals surface area contributed by atoms with Crippen LogP contribution in [0.1, 0.15) is 0 Å². The quantitative estimate of drug-likeness (QED) is 0.268. The lowest BCUT2D eigenvalue weighted by molar-refractivity contribution is -0.778. The second-order valence-electron chi connectivity index (χ2n) is 9.77. The Labute approximate surface area is 234 Å². The molecule has 0 atom stereocenters. The Morgan fingerprint density at radius 1 is 0.300 bits per heavy atom. The predicted molar refractivity (Wildman–Crippen MR) is 152 cm³/mol. The van der Waals surface area contributed by atoms with Crippen LogP contribution in [0.15, 0.2) is 147 Å². The second kappa shape index (κ2) is 12.2. The van der Waals surface area contributed by atoms with E-state index in [1.165, 1.54) is 33.4 Å². The molecule has 6 heteroatoms. The molecule has 40 heavy (non-hydrogen) atoms. The van der Waals surface area contributed by atoms with Gasteiger partial charge in [0.1, 0.15) is 0 Å². The fourth-order valence-corrected chi connectivity index (χ4v) is 4.75. The average molecular weight is 525 g/mol. The van der Waals surface area contributed by atoms with Gasteiger partial charge in [-0.1, -0.05) is 0 Å². The van der Waals surface area contributed by atoms with E-state index in [0.29, 0.717) is 0 Å². The molecular formula is C34H32N6+4. The lowest BCUT2D eigenvalue weighted by atomic mass is 10.1. The molecule has 0 N–H and O–H groups in total. The van der Waals surface area contributed by atoms with E-state index in [4.69, 9.17) is 0 Å². The van der Waals surface area contributed by atoms with Crippen LogP contribution >= 0.6 is 0 Å². The van der Waals surface area contributed by atoms with E-state index in [1.807, 2.05) is 49.1 Å². The summed E-state index contributed by atoms with van der Waals surface area (Å²) in [6.45, 7) is 3.65. The van der Waals surface area contributed by atoms with Crippen molar-refractivity contribution in [3.63, 3.8) is 0 Å². The molecule has 0 aromatic carbocycles. The number of nitrogens with zero attached hydrogens (tertiary/aromatic N) is 6. The van der Waals surface area contributed by atoms with Gasteiger partial charge in [-0.05, 0) is 57.6 Å². The van der Waals surface area contributed by atoms with Crippen LogP contribution in [-0.2, 0) is 26.2 Å². The van der Waals surface area contributed by atoms with Crippen molar-refractivity contribution in [2.45, 2.75) is 26.2 Å². The van der Waals surface area contributed by atoms with Gasteiger partial charge in [-0.3, -0.25) is 9.97 Å². The maximum absolute atomic E-state index is 4.10. The molecule has 0 aliphatic carbocycles. The van der Waals surface area contributed by atoms with E-state index < -0.39 is 0 Å². The highest BCUT2D eigenvalue weighted by Crippen LogP contribution is 2.17. The molecule has 194 valence electrons. The summed E-state index contributed by atoms with van der Waals surface area (Å²) < 4.78 is 8.89. The van der Waals surface area contributed by atoms with Crippen molar-refractivity contribution >= 4 is 0 Å². The molecule has 0 fully saturated rings. The fourth-order valence-electron chi connectivity index (χ4n) is 4.75. The lowest BCUT2D eigenvalue weighted by Crippen LogP contribution is -2.43. The highest BCUT2D eigenvalue weighted by molar-refractivity contribution is 5.62. The molecule has 0 unspecified atom stereocenters. The molecule has 0 saturated carbocycles. The Morgan fingerprint density at radius 2 is 0.500 bits per heavy atom. The van der Waals surface area contributed by atoms with Crippen molar-refractivity contribution in [1.82, 2.24) is 9.97 Å². The third kappa shape index (κ3) is 6.30. The molecule has 0 amide bonds. The van der Waals surface area contributed by atoms with Gasteiger partial charge < -0.3 is 0 Å². The van der Waals surface area contributed by atoms with Crippen molar-refractivity contribution in [3.05, 3.63) is 147 Å². The van der Waals surface area contributed by atoms with Gasteiger partial charge >= 0.3 is 0 Å². The highest BCUT2D eigenvalue weighted by atomic mass is 15.0. The van der Waals surface area contributed by atoms with Crippen molar-refractivity contribution in [2.24, 2.45) is 0 Å². The Hall–Kier alpha value is -5.10. The van der Waals surface area contributed by atoms with Crippen molar-refractivity contribution in [1.29, 1.82) is 0 Å². The Balaban J connectivity index is 1.01. The smallest absolute Gasteiger partial charge is 0.206 e. The molecule has 6 aromatic heterocycles. The molecule has 0 saturated heterocycles. The molecule has 6 nitrogen and oxygen atoms in total. The maximum atomic E-state index is 4.10. The van der Waals surface area contributed by atoms with Gasteiger partial charge in [0.25, 0.3) is 0 Å². The van der Waals surface area contributed by atoms with Gasteiger partial charge in [0, 0.05) is 73.3 Å². The summed E-state index contributed by atoms with van der Waals surface area (Å²) in [4.78, 5) is 8.19. The molecule has 6 rings (SSSR count). The summed E-state index contributed by atoms with van der Waals surface area (Å²) in [5.74, 6) is 0. The Kier molecular flexibility index (Phi) is 7.67. The van der Waals surface area contributed by atoms with Crippen LogP contribution in [0.2, 0.25) is 0 Å². The van der Waals surface area contributed by atoms with Crippen LogP contribution in [0.4, 0.5) is 0 Å². The van der Waals surface area contributed by atoms with Gasteiger partial charge in [0.2, 0.25) is 26.2 Å². The Morgan fingerprint density at radius 3 is 0.725 bits per heavy atom. The maximum Gasteiger partial charge on any atom is 0.206 e. The minimum absolute atomic E-state index is 0.912. The van der Waals surface area contributed by atoms with Crippen LogP contribution < -0.4 is 18.3 Å². The summed E-state index contributed by atoms with van der Waals surface area (Å²) in [5.41, 5.74) is 7.22. The fraction of sp³-hybridized carbons (Fsp3) is 0.118. The molecular weight excluding hydrogens is 492 g/mol. The number of hydrogen-bond acceptors (Lipinski definition) is 2. The monoisotopic (exact) mass is 524 g/mol. The Bertz CT molecular complexity index is 1510. The van der Waals surface area contributed by atoms with E-state index in [1.54, 1.807) is 0 Å². The SMILES string of the molecule is c1cc(-c2cc[n+](CC[n+]3ccc(-c4cc[n+](CC[n+]5ccc(-c6ccncc6)cc5)cc4)cc3)cc2)ccn1. The average Bonchev–Trinajstić information content (AvgIpc) is 3.05. The molecule has 6 heterocycles. The number of pyridine rings is 6. The van der Waals surface area contributed by atoms with Crippen LogP contribution in [0.3, 0.4) is 0 Å². The van der Waals surface area contributed by atoms with E-state index >= 15 is 0 Å². The normalized spacial score (nSPS) is 10.9. The van der Waals surface area contributed by atoms with Gasteiger partial charge in [0.05, 0.1) is 0 Å². The van der Waals surface area contributed by atoms with Gasteiger partial charge in [0.15, 0.2) is 49.6 Å². The summed E-state index contributed by atoms with van der Waals surface area (Å²) >= 11 is 0. The molecule has 0 bridgehead atoms. The first kappa shape index (κ1) is 25.2. The molecule has 0 radical (unpaired) electrons. The van der Waals surface area contributed by atoms with E-state index in [2.05, 4.69) is 126 Å². The summed E-state index contributed by atoms with van der Waals surface area (Å²) in [6.07, 6.45) is 24.5. The topological polar surface area (TPSA) is 41.3 Å². The van der Waals surface area contributed by atoms with Gasteiger partial charge in [-0.15, -0.1) is 0 Å². The largest absolute Gasteiger partial charge is 0.265 e. The van der Waals surface area contributed by atoms with Gasteiger partial charge in [-0.25, -0.2) is 0 Å². The summed E-state index contributed by atoms with van der Waals surface area (Å²) in [5, 5.41) is 0. The molecule has 0 aliphatic heterocycles. The molecule has 0 aliphatic rings. The second-order valence-corrected chi connectivity index (χ2v) is 9.77. The first-order valence-electron chi connectivity index (χ1n) is 13.6. The van der Waals surface area contributed by atoms with E-state index in [-0.39, 0.29) is 0 Å². The van der Waals surface area contributed by atoms with Crippen LogP contribution in [0, 0.1) is 0 Å². The first-order chi connectivity index (χ1) is 19.8. The van der Waals surface area contributed by atoms with Crippen LogP contribution in [0.25, 0.3) is 33.4 Å². The molecule has 6 aromatic rings. The zero-order valence-electron chi connectivity index (χ0n) is 22.4. The third-order valence-corrected chi connectivity index (χ3v) is 7.16. The summed E-state index contributed by atoms with van der Waals surface area (Å²) in [7, 11) is 0. The van der Waals surface area contributed by atoms with Crippen molar-refractivity contribution < 1.29 is 18.3 Å². The zero-order valence-corrected chi connectivity index (χ0v) is 22.4.